The summed E-state index contributed by atoms with van der Waals surface area (Å²) in [5.41, 5.74) is 0.757. The van der Waals surface area contributed by atoms with Crippen LogP contribution in [-0.2, 0) is 9.31 Å². The fourth-order valence-electron chi connectivity index (χ4n) is 2.30. The minimum Gasteiger partial charge on any atom is -0.508 e. The van der Waals surface area contributed by atoms with Crippen LogP contribution in [0.1, 0.15) is 32.8 Å². The van der Waals surface area contributed by atoms with Crippen molar-refractivity contribution in [1.29, 1.82) is 5.26 Å². The Bertz CT molecular complexity index is 495. The molecular weight excluding hydrogens is 229 g/mol. The van der Waals surface area contributed by atoms with Crippen molar-refractivity contribution in [3.63, 3.8) is 0 Å². The summed E-state index contributed by atoms with van der Waals surface area (Å²) in [5.74, 6) is 0.0680. The topological polar surface area (TPSA) is 62.5 Å². The zero-order valence-corrected chi connectivity index (χ0v) is 10.8. The lowest BCUT2D eigenvalue weighted by Crippen LogP contribution is -2.52. The quantitative estimate of drug-likeness (QED) is 0.762. The number of nitrogens with zero attached hydrogens (tertiary/aromatic N) is 1. The summed E-state index contributed by atoms with van der Waals surface area (Å²) in [6, 6.07) is 6.69. The molecule has 18 heavy (non-hydrogen) atoms. The third-order valence-corrected chi connectivity index (χ3v) is 2.97. The number of phenols is 1. The minimum absolute atomic E-state index is 0.0680. The van der Waals surface area contributed by atoms with Gasteiger partial charge in [-0.3, -0.25) is 0 Å². The van der Waals surface area contributed by atoms with Crippen molar-refractivity contribution in [3.8, 4) is 11.8 Å². The van der Waals surface area contributed by atoms with E-state index in [0.717, 1.165) is 6.42 Å². The van der Waals surface area contributed by atoms with Crippen LogP contribution < -0.4 is 5.46 Å². The number of phenolic OH excluding ortho intramolecular Hbond substituents is 1. The summed E-state index contributed by atoms with van der Waals surface area (Å²) in [6.07, 6.45) is 0.878. The Morgan fingerprint density at radius 1 is 1.50 bits per heavy atom. The third-order valence-electron chi connectivity index (χ3n) is 2.97. The molecule has 2 rings (SSSR count). The van der Waals surface area contributed by atoms with Crippen LogP contribution in [0.3, 0.4) is 0 Å². The van der Waals surface area contributed by atoms with Gasteiger partial charge in [-0.05, 0) is 39.3 Å². The van der Waals surface area contributed by atoms with Gasteiger partial charge in [0.2, 0.25) is 0 Å². The molecule has 0 saturated carbocycles. The number of rotatable bonds is 1. The second kappa shape index (κ2) is 4.64. The molecule has 1 N–H and O–H groups in total. The Balaban J connectivity index is 2.34. The summed E-state index contributed by atoms with van der Waals surface area (Å²) >= 11 is 0. The predicted octanol–water partition coefficient (Wildman–Crippen LogP) is 1.56. The lowest BCUT2D eigenvalue weighted by molar-refractivity contribution is -0.0229. The van der Waals surface area contributed by atoms with E-state index in [-0.39, 0.29) is 17.5 Å². The maximum absolute atomic E-state index is 9.39. The van der Waals surface area contributed by atoms with Gasteiger partial charge in [0.1, 0.15) is 5.75 Å². The minimum atomic E-state index is -0.556. The van der Waals surface area contributed by atoms with Gasteiger partial charge in [0.05, 0.1) is 17.2 Å². The maximum atomic E-state index is 9.39. The van der Waals surface area contributed by atoms with Gasteiger partial charge in [-0.25, -0.2) is 0 Å². The fourth-order valence-corrected chi connectivity index (χ4v) is 2.30. The monoisotopic (exact) mass is 245 g/mol. The molecule has 4 nitrogen and oxygen atoms in total. The van der Waals surface area contributed by atoms with Crippen molar-refractivity contribution in [2.75, 3.05) is 0 Å². The van der Waals surface area contributed by atoms with Crippen LogP contribution in [0.5, 0.6) is 5.75 Å². The van der Waals surface area contributed by atoms with E-state index in [2.05, 4.69) is 6.07 Å². The molecule has 0 aliphatic carbocycles. The zero-order valence-electron chi connectivity index (χ0n) is 10.8. The number of hydrogen-bond donors (Lipinski definition) is 1. The molecule has 1 unspecified atom stereocenters. The Labute approximate surface area is 107 Å². The number of benzene rings is 1. The van der Waals surface area contributed by atoms with Gasteiger partial charge in [0.25, 0.3) is 0 Å². The van der Waals surface area contributed by atoms with Crippen LogP contribution in [0.4, 0.5) is 0 Å². The maximum Gasteiger partial charge on any atom is 0.495 e. The highest BCUT2D eigenvalue weighted by Crippen LogP contribution is 2.26. The summed E-state index contributed by atoms with van der Waals surface area (Å²) in [5, 5.41) is 18.5. The molecule has 1 aromatic rings. The summed E-state index contributed by atoms with van der Waals surface area (Å²) in [6.45, 7) is 6.00. The standard InChI is InChI=1S/C13H16BNO3/c1-9-7-13(2,3)18-14(17-9)12-5-4-11(16)6-10(12)8-15/h4-6,9,16H,7H2,1-3H3. The predicted molar refractivity (Wildman–Crippen MR) is 68.5 cm³/mol. The molecule has 1 heterocycles. The van der Waals surface area contributed by atoms with Gasteiger partial charge in [0.15, 0.2) is 0 Å². The summed E-state index contributed by atoms with van der Waals surface area (Å²) in [7, 11) is -0.556. The largest absolute Gasteiger partial charge is 0.508 e. The highest BCUT2D eigenvalue weighted by molar-refractivity contribution is 6.62. The second-order valence-corrected chi connectivity index (χ2v) is 5.24. The van der Waals surface area contributed by atoms with E-state index in [1.165, 1.54) is 12.1 Å². The molecule has 1 aromatic carbocycles. The zero-order chi connectivity index (χ0) is 13.3. The van der Waals surface area contributed by atoms with Crippen LogP contribution in [0.2, 0.25) is 0 Å². The molecule has 94 valence electrons. The summed E-state index contributed by atoms with van der Waals surface area (Å²) in [4.78, 5) is 0. The smallest absolute Gasteiger partial charge is 0.495 e. The van der Waals surface area contributed by atoms with E-state index in [4.69, 9.17) is 14.6 Å². The van der Waals surface area contributed by atoms with Crippen molar-refractivity contribution in [2.45, 2.75) is 38.9 Å². The summed E-state index contributed by atoms with van der Waals surface area (Å²) < 4.78 is 11.6. The van der Waals surface area contributed by atoms with Gasteiger partial charge in [-0.15, -0.1) is 0 Å². The third kappa shape index (κ3) is 2.66. The molecule has 0 radical (unpaired) electrons. The van der Waals surface area contributed by atoms with Crippen LogP contribution in [-0.4, -0.2) is 23.9 Å². The van der Waals surface area contributed by atoms with Gasteiger partial charge < -0.3 is 14.4 Å². The highest BCUT2D eigenvalue weighted by Gasteiger charge is 2.39. The first-order chi connectivity index (χ1) is 8.41. The molecule has 1 fully saturated rings. The van der Waals surface area contributed by atoms with Crippen molar-refractivity contribution < 1.29 is 14.4 Å². The Kier molecular flexibility index (Phi) is 3.33. The number of aromatic hydroxyl groups is 1. The van der Waals surface area contributed by atoms with Crippen LogP contribution in [0.15, 0.2) is 18.2 Å². The normalized spacial score (nSPS) is 22.6. The number of nitriles is 1. The lowest BCUT2D eigenvalue weighted by Gasteiger charge is -2.38. The molecule has 0 aromatic heterocycles. The Morgan fingerprint density at radius 3 is 2.83 bits per heavy atom. The lowest BCUT2D eigenvalue weighted by atomic mass is 9.72. The molecule has 0 bridgehead atoms. The number of hydrogen-bond acceptors (Lipinski definition) is 4. The molecule has 1 atom stereocenters. The Morgan fingerprint density at radius 2 is 2.22 bits per heavy atom. The average molecular weight is 245 g/mol. The molecule has 5 heteroatoms. The van der Waals surface area contributed by atoms with Crippen molar-refractivity contribution in [3.05, 3.63) is 23.8 Å². The molecule has 0 amide bonds. The average Bonchev–Trinajstić information content (AvgIpc) is 2.25. The molecular formula is C13H16BNO3. The molecule has 1 aliphatic heterocycles. The van der Waals surface area contributed by atoms with E-state index < -0.39 is 7.12 Å². The van der Waals surface area contributed by atoms with Gasteiger partial charge >= 0.3 is 7.12 Å². The molecule has 1 saturated heterocycles. The van der Waals surface area contributed by atoms with Crippen LogP contribution >= 0.6 is 0 Å². The van der Waals surface area contributed by atoms with E-state index >= 15 is 0 Å². The van der Waals surface area contributed by atoms with E-state index in [1.807, 2.05) is 20.8 Å². The first-order valence-electron chi connectivity index (χ1n) is 5.97. The molecule has 1 aliphatic rings. The van der Waals surface area contributed by atoms with Crippen LogP contribution in [0.25, 0.3) is 0 Å². The SMILES string of the molecule is CC1CC(C)(C)OB(c2ccc(O)cc2C#N)O1. The van der Waals surface area contributed by atoms with Crippen LogP contribution in [0, 0.1) is 11.3 Å². The van der Waals surface area contributed by atoms with E-state index in [9.17, 15) is 5.11 Å². The van der Waals surface area contributed by atoms with E-state index in [1.54, 1.807) is 6.07 Å². The fraction of sp³-hybridized carbons (Fsp3) is 0.462. The second-order valence-electron chi connectivity index (χ2n) is 5.24. The first-order valence-corrected chi connectivity index (χ1v) is 5.97. The highest BCUT2D eigenvalue weighted by atomic mass is 16.6. The Hall–Kier alpha value is -1.51. The van der Waals surface area contributed by atoms with Crippen molar-refractivity contribution in [2.24, 2.45) is 0 Å². The molecule has 0 spiro atoms. The van der Waals surface area contributed by atoms with Crippen molar-refractivity contribution >= 4 is 12.6 Å². The van der Waals surface area contributed by atoms with Gasteiger partial charge in [-0.1, -0.05) is 6.07 Å². The van der Waals surface area contributed by atoms with Gasteiger partial charge in [-0.2, -0.15) is 5.26 Å². The van der Waals surface area contributed by atoms with Gasteiger partial charge in [0, 0.05) is 11.6 Å². The first kappa shape index (κ1) is 12.9. The van der Waals surface area contributed by atoms with Crippen molar-refractivity contribution in [1.82, 2.24) is 0 Å². The van der Waals surface area contributed by atoms with E-state index in [0.29, 0.717) is 11.0 Å².